The molecule has 30 heavy (non-hydrogen) atoms. The first kappa shape index (κ1) is 20.0. The monoisotopic (exact) mass is 401 g/mol. The molecule has 0 radical (unpaired) electrons. The number of imidazole rings is 1. The second kappa shape index (κ2) is 9.50. The van der Waals surface area contributed by atoms with E-state index >= 15 is 0 Å². The fourth-order valence-corrected chi connectivity index (χ4v) is 3.88. The molecule has 3 aromatic heterocycles. The summed E-state index contributed by atoms with van der Waals surface area (Å²) in [5.41, 5.74) is 3.16. The Kier molecular flexibility index (Phi) is 6.35. The molecule has 0 atom stereocenters. The lowest BCUT2D eigenvalue weighted by Crippen LogP contribution is -2.28. The van der Waals surface area contributed by atoms with Crippen LogP contribution in [-0.4, -0.2) is 30.5 Å². The molecule has 0 bridgehead atoms. The van der Waals surface area contributed by atoms with Crippen LogP contribution in [0.25, 0.3) is 10.9 Å². The zero-order valence-corrected chi connectivity index (χ0v) is 17.3. The molecule has 3 heterocycles. The van der Waals surface area contributed by atoms with Crippen molar-refractivity contribution in [3.8, 4) is 0 Å². The minimum Gasteiger partial charge on any atom is -0.347 e. The normalized spacial score (nSPS) is 11.4. The lowest BCUT2D eigenvalue weighted by molar-refractivity contribution is 0.247. The van der Waals surface area contributed by atoms with Gasteiger partial charge in [0.25, 0.3) is 0 Å². The summed E-state index contributed by atoms with van der Waals surface area (Å²) in [5, 5.41) is 0.791. The van der Waals surface area contributed by atoms with Gasteiger partial charge in [0.1, 0.15) is 0 Å². The Hall–Kier alpha value is -3.25. The Morgan fingerprint density at radius 3 is 2.60 bits per heavy atom. The fourth-order valence-electron chi connectivity index (χ4n) is 3.88. The van der Waals surface area contributed by atoms with Crippen LogP contribution in [0.2, 0.25) is 0 Å². The standard InChI is InChI=1S/C24H27N5O/c1-2-29-18-21(24(30)22-6-3-4-7-23(22)29)17-28(16-20-8-10-25-11-9-20)14-5-13-27-15-12-26-19-27/h3-4,6-12,15,18-19H,2,5,13-14,16-17H2,1H3. The average molecular weight is 402 g/mol. The third-order valence-electron chi connectivity index (χ3n) is 5.40. The molecule has 1 aromatic carbocycles. The highest BCUT2D eigenvalue weighted by Gasteiger charge is 2.13. The van der Waals surface area contributed by atoms with Gasteiger partial charge in [-0.3, -0.25) is 14.7 Å². The number of para-hydroxylation sites is 1. The number of rotatable bonds is 9. The van der Waals surface area contributed by atoms with Gasteiger partial charge in [0.05, 0.1) is 11.8 Å². The lowest BCUT2D eigenvalue weighted by Gasteiger charge is -2.23. The first-order valence-corrected chi connectivity index (χ1v) is 10.4. The van der Waals surface area contributed by atoms with E-state index in [1.807, 2.05) is 67.5 Å². The molecule has 0 unspecified atom stereocenters. The topological polar surface area (TPSA) is 56.0 Å². The van der Waals surface area contributed by atoms with Crippen molar-refractivity contribution in [2.75, 3.05) is 6.54 Å². The highest BCUT2D eigenvalue weighted by Crippen LogP contribution is 2.14. The van der Waals surface area contributed by atoms with Gasteiger partial charge in [-0.2, -0.15) is 0 Å². The maximum absolute atomic E-state index is 13.2. The highest BCUT2D eigenvalue weighted by atomic mass is 16.1. The van der Waals surface area contributed by atoms with E-state index in [0.29, 0.717) is 6.54 Å². The summed E-state index contributed by atoms with van der Waals surface area (Å²) in [5.74, 6) is 0. The molecule has 0 aliphatic heterocycles. The minimum absolute atomic E-state index is 0.129. The average Bonchev–Trinajstić information content (AvgIpc) is 3.30. The Labute approximate surface area is 176 Å². The summed E-state index contributed by atoms with van der Waals surface area (Å²) in [6.45, 7) is 6.14. The summed E-state index contributed by atoms with van der Waals surface area (Å²) < 4.78 is 4.26. The van der Waals surface area contributed by atoms with E-state index in [-0.39, 0.29) is 5.43 Å². The molecule has 0 fully saturated rings. The van der Waals surface area contributed by atoms with Gasteiger partial charge in [0.2, 0.25) is 0 Å². The van der Waals surface area contributed by atoms with Crippen molar-refractivity contribution in [1.82, 2.24) is 24.0 Å². The quantitative estimate of drug-likeness (QED) is 0.429. The molecule has 0 amide bonds. The van der Waals surface area contributed by atoms with Crippen molar-refractivity contribution >= 4 is 10.9 Å². The van der Waals surface area contributed by atoms with Crippen molar-refractivity contribution in [3.05, 3.63) is 95.1 Å². The van der Waals surface area contributed by atoms with E-state index in [2.05, 4.69) is 30.9 Å². The Morgan fingerprint density at radius 1 is 1.00 bits per heavy atom. The minimum atomic E-state index is 0.129. The SMILES string of the molecule is CCn1cc(CN(CCCn2ccnc2)Cc2ccncc2)c(=O)c2ccccc21. The Morgan fingerprint density at radius 2 is 1.83 bits per heavy atom. The van der Waals surface area contributed by atoms with E-state index in [0.717, 1.165) is 49.1 Å². The number of aryl methyl sites for hydroxylation is 2. The molecule has 0 spiro atoms. The molecule has 0 aliphatic carbocycles. The maximum Gasteiger partial charge on any atom is 0.193 e. The van der Waals surface area contributed by atoms with Gasteiger partial charge in [0.15, 0.2) is 5.43 Å². The molecule has 4 rings (SSSR count). The van der Waals surface area contributed by atoms with Gasteiger partial charge in [-0.15, -0.1) is 0 Å². The van der Waals surface area contributed by atoms with E-state index in [1.165, 1.54) is 5.56 Å². The number of fused-ring (bicyclic) bond motifs is 1. The van der Waals surface area contributed by atoms with Gasteiger partial charge in [0, 0.05) is 74.7 Å². The number of hydrogen-bond acceptors (Lipinski definition) is 4. The van der Waals surface area contributed by atoms with Gasteiger partial charge in [-0.05, 0) is 43.2 Å². The van der Waals surface area contributed by atoms with Crippen molar-refractivity contribution < 1.29 is 0 Å². The van der Waals surface area contributed by atoms with Crippen molar-refractivity contribution in [2.24, 2.45) is 0 Å². The van der Waals surface area contributed by atoms with Crippen LogP contribution in [0.1, 0.15) is 24.5 Å². The Balaban J connectivity index is 1.58. The molecular formula is C24H27N5O. The molecule has 4 aromatic rings. The van der Waals surface area contributed by atoms with Crippen LogP contribution in [0, 0.1) is 0 Å². The molecule has 0 aliphatic rings. The Bertz CT molecular complexity index is 1140. The summed E-state index contributed by atoms with van der Waals surface area (Å²) in [4.78, 5) is 23.8. The van der Waals surface area contributed by atoms with Crippen LogP contribution in [0.4, 0.5) is 0 Å². The molecule has 0 saturated carbocycles. The van der Waals surface area contributed by atoms with Crippen LogP contribution >= 0.6 is 0 Å². The van der Waals surface area contributed by atoms with Crippen LogP contribution in [0.3, 0.4) is 0 Å². The molecule has 154 valence electrons. The van der Waals surface area contributed by atoms with Gasteiger partial charge < -0.3 is 9.13 Å². The van der Waals surface area contributed by atoms with E-state index < -0.39 is 0 Å². The largest absolute Gasteiger partial charge is 0.347 e. The van der Waals surface area contributed by atoms with E-state index in [4.69, 9.17) is 0 Å². The third-order valence-corrected chi connectivity index (χ3v) is 5.40. The summed E-state index contributed by atoms with van der Waals surface area (Å²) >= 11 is 0. The zero-order valence-electron chi connectivity index (χ0n) is 17.3. The van der Waals surface area contributed by atoms with E-state index in [1.54, 1.807) is 6.20 Å². The number of benzene rings is 1. The smallest absolute Gasteiger partial charge is 0.193 e. The first-order chi connectivity index (χ1) is 14.7. The molecule has 0 saturated heterocycles. The predicted octanol–water partition coefficient (Wildman–Crippen LogP) is 3.71. The van der Waals surface area contributed by atoms with Gasteiger partial charge in [-0.1, -0.05) is 12.1 Å². The fraction of sp³-hybridized carbons (Fsp3) is 0.292. The van der Waals surface area contributed by atoms with Crippen LogP contribution in [0.5, 0.6) is 0 Å². The van der Waals surface area contributed by atoms with Crippen molar-refractivity contribution in [1.29, 1.82) is 0 Å². The van der Waals surface area contributed by atoms with E-state index in [9.17, 15) is 4.79 Å². The summed E-state index contributed by atoms with van der Waals surface area (Å²) in [6, 6.07) is 11.9. The predicted molar refractivity (Wildman–Crippen MR) is 119 cm³/mol. The van der Waals surface area contributed by atoms with Crippen molar-refractivity contribution in [2.45, 2.75) is 39.5 Å². The maximum atomic E-state index is 13.2. The van der Waals surface area contributed by atoms with Crippen LogP contribution < -0.4 is 5.43 Å². The molecule has 0 N–H and O–H groups in total. The number of hydrogen-bond donors (Lipinski definition) is 0. The van der Waals surface area contributed by atoms with Gasteiger partial charge >= 0.3 is 0 Å². The number of nitrogens with zero attached hydrogens (tertiary/aromatic N) is 5. The number of aromatic nitrogens is 4. The van der Waals surface area contributed by atoms with Gasteiger partial charge in [-0.25, -0.2) is 4.98 Å². The van der Waals surface area contributed by atoms with Crippen LogP contribution in [0.15, 0.2) is 78.5 Å². The molecule has 6 heteroatoms. The zero-order chi connectivity index (χ0) is 20.8. The van der Waals surface area contributed by atoms with Crippen molar-refractivity contribution in [3.63, 3.8) is 0 Å². The lowest BCUT2D eigenvalue weighted by atomic mass is 10.1. The summed E-state index contributed by atoms with van der Waals surface area (Å²) in [6.07, 6.45) is 12.3. The highest BCUT2D eigenvalue weighted by molar-refractivity contribution is 5.79. The number of pyridine rings is 2. The van der Waals surface area contributed by atoms with Crippen LogP contribution in [-0.2, 0) is 26.2 Å². The molecular weight excluding hydrogens is 374 g/mol. The second-order valence-electron chi connectivity index (χ2n) is 7.51. The summed E-state index contributed by atoms with van der Waals surface area (Å²) in [7, 11) is 0. The third kappa shape index (κ3) is 4.66. The molecule has 6 nitrogen and oxygen atoms in total. The second-order valence-corrected chi connectivity index (χ2v) is 7.51. The first-order valence-electron chi connectivity index (χ1n) is 10.4.